The van der Waals surface area contributed by atoms with E-state index in [9.17, 15) is 0 Å². The van der Waals surface area contributed by atoms with Crippen LogP contribution in [-0.4, -0.2) is 31.5 Å². The van der Waals surface area contributed by atoms with Crippen molar-refractivity contribution < 1.29 is 9.47 Å². The van der Waals surface area contributed by atoms with Gasteiger partial charge in [0.05, 0.1) is 18.8 Å². The van der Waals surface area contributed by atoms with Crippen molar-refractivity contribution in [2.75, 3.05) is 13.2 Å². The third kappa shape index (κ3) is 2.10. The van der Waals surface area contributed by atoms with Crippen molar-refractivity contribution in [3.63, 3.8) is 0 Å². The van der Waals surface area contributed by atoms with E-state index in [1.807, 2.05) is 0 Å². The predicted octanol–water partition coefficient (Wildman–Crippen LogP) is 1.31. The fourth-order valence-electron chi connectivity index (χ4n) is 2.62. The average Bonchev–Trinajstić information content (AvgIpc) is 2.79. The molecule has 4 unspecified atom stereocenters. The van der Waals surface area contributed by atoms with E-state index in [1.165, 1.54) is 12.8 Å². The van der Waals surface area contributed by atoms with Gasteiger partial charge in [0.25, 0.3) is 0 Å². The lowest BCUT2D eigenvalue weighted by Crippen LogP contribution is -2.39. The first-order chi connectivity index (χ1) is 6.81. The first kappa shape index (κ1) is 10.4. The minimum atomic E-state index is 0.178. The Bertz CT molecular complexity index is 186. The molecular weight excluding hydrogens is 178 g/mol. The standard InChI is InChI=1S/C11H21NO2/c1-2-5-13-7-10(12)9-6-8-3-4-11(9)14-8/h8-11H,2-7,12H2,1H3. The maximum atomic E-state index is 6.10. The molecule has 0 saturated carbocycles. The summed E-state index contributed by atoms with van der Waals surface area (Å²) in [5.41, 5.74) is 6.10. The maximum absolute atomic E-state index is 6.10. The Hall–Kier alpha value is -0.120. The molecule has 2 bridgehead atoms. The van der Waals surface area contributed by atoms with Crippen molar-refractivity contribution in [3.05, 3.63) is 0 Å². The third-order valence-corrected chi connectivity index (χ3v) is 3.36. The van der Waals surface area contributed by atoms with Gasteiger partial charge in [0, 0.05) is 18.6 Å². The largest absolute Gasteiger partial charge is 0.380 e. The lowest BCUT2D eigenvalue weighted by atomic mass is 9.84. The van der Waals surface area contributed by atoms with Gasteiger partial charge in [0.15, 0.2) is 0 Å². The van der Waals surface area contributed by atoms with Crippen LogP contribution in [0.3, 0.4) is 0 Å². The Kier molecular flexibility index (Phi) is 3.42. The fraction of sp³-hybridized carbons (Fsp3) is 1.00. The fourth-order valence-corrected chi connectivity index (χ4v) is 2.62. The van der Waals surface area contributed by atoms with E-state index < -0.39 is 0 Å². The zero-order valence-electron chi connectivity index (χ0n) is 8.95. The first-order valence-corrected chi connectivity index (χ1v) is 5.80. The molecule has 2 N–H and O–H groups in total. The second-order valence-corrected chi connectivity index (χ2v) is 4.51. The Labute approximate surface area is 85.9 Å². The molecule has 0 spiro atoms. The molecule has 0 aromatic heterocycles. The molecule has 4 atom stereocenters. The summed E-state index contributed by atoms with van der Waals surface area (Å²) in [6.45, 7) is 3.65. The third-order valence-electron chi connectivity index (χ3n) is 3.36. The van der Waals surface area contributed by atoms with E-state index in [-0.39, 0.29) is 6.04 Å². The smallest absolute Gasteiger partial charge is 0.0624 e. The van der Waals surface area contributed by atoms with Crippen molar-refractivity contribution in [1.29, 1.82) is 0 Å². The van der Waals surface area contributed by atoms with E-state index in [0.717, 1.165) is 19.4 Å². The molecule has 0 amide bonds. The molecule has 3 nitrogen and oxygen atoms in total. The monoisotopic (exact) mass is 199 g/mol. The molecular formula is C11H21NO2. The van der Waals surface area contributed by atoms with Gasteiger partial charge in [-0.2, -0.15) is 0 Å². The van der Waals surface area contributed by atoms with Crippen molar-refractivity contribution in [3.8, 4) is 0 Å². The maximum Gasteiger partial charge on any atom is 0.0624 e. The molecule has 2 saturated heterocycles. The number of fused-ring (bicyclic) bond motifs is 2. The molecule has 2 rings (SSSR count). The molecule has 0 aromatic carbocycles. The van der Waals surface area contributed by atoms with Gasteiger partial charge in [-0.15, -0.1) is 0 Å². The van der Waals surface area contributed by atoms with E-state index in [0.29, 0.717) is 24.7 Å². The van der Waals surface area contributed by atoms with Crippen LogP contribution < -0.4 is 5.73 Å². The van der Waals surface area contributed by atoms with Crippen LogP contribution in [0.15, 0.2) is 0 Å². The molecule has 3 heteroatoms. The molecule has 14 heavy (non-hydrogen) atoms. The molecule has 2 fully saturated rings. The summed E-state index contributed by atoms with van der Waals surface area (Å²) in [5, 5.41) is 0. The van der Waals surface area contributed by atoms with Crippen LogP contribution in [0.5, 0.6) is 0 Å². The number of ether oxygens (including phenoxy) is 2. The van der Waals surface area contributed by atoms with Gasteiger partial charge in [0.1, 0.15) is 0 Å². The highest BCUT2D eigenvalue weighted by Gasteiger charge is 2.43. The SMILES string of the molecule is CCCOCC(N)C1CC2CCC1O2. The number of hydrogen-bond acceptors (Lipinski definition) is 3. The molecule has 2 aliphatic rings. The van der Waals surface area contributed by atoms with Gasteiger partial charge >= 0.3 is 0 Å². The van der Waals surface area contributed by atoms with Crippen LogP contribution in [0, 0.1) is 5.92 Å². The lowest BCUT2D eigenvalue weighted by molar-refractivity contribution is 0.0666. The minimum Gasteiger partial charge on any atom is -0.380 e. The van der Waals surface area contributed by atoms with Crippen LogP contribution in [0.1, 0.15) is 32.6 Å². The molecule has 0 aliphatic carbocycles. The highest BCUT2D eigenvalue weighted by molar-refractivity contribution is 4.94. The van der Waals surface area contributed by atoms with Crippen molar-refractivity contribution in [1.82, 2.24) is 0 Å². The Balaban J connectivity index is 1.72. The normalized spacial score (nSPS) is 37.7. The molecule has 2 aliphatic heterocycles. The highest BCUT2D eigenvalue weighted by Crippen LogP contribution is 2.39. The Morgan fingerprint density at radius 3 is 2.93 bits per heavy atom. The van der Waals surface area contributed by atoms with Gasteiger partial charge in [-0.05, 0) is 25.7 Å². The Morgan fingerprint density at radius 1 is 1.50 bits per heavy atom. The summed E-state index contributed by atoms with van der Waals surface area (Å²) in [5.74, 6) is 0.547. The van der Waals surface area contributed by atoms with Gasteiger partial charge in [-0.3, -0.25) is 0 Å². The zero-order chi connectivity index (χ0) is 9.97. The quantitative estimate of drug-likeness (QED) is 0.679. The van der Waals surface area contributed by atoms with E-state index in [1.54, 1.807) is 0 Å². The summed E-state index contributed by atoms with van der Waals surface area (Å²) in [6.07, 6.45) is 5.60. The predicted molar refractivity (Wildman–Crippen MR) is 55.1 cm³/mol. The second kappa shape index (κ2) is 4.60. The number of hydrogen-bond donors (Lipinski definition) is 1. The van der Waals surface area contributed by atoms with Crippen LogP contribution in [0.4, 0.5) is 0 Å². The number of nitrogens with two attached hydrogens (primary N) is 1. The molecule has 2 heterocycles. The van der Waals surface area contributed by atoms with Crippen LogP contribution in [0.25, 0.3) is 0 Å². The molecule has 0 aromatic rings. The first-order valence-electron chi connectivity index (χ1n) is 5.80. The highest BCUT2D eigenvalue weighted by atomic mass is 16.5. The summed E-state index contributed by atoms with van der Waals surface area (Å²) in [7, 11) is 0. The summed E-state index contributed by atoms with van der Waals surface area (Å²) >= 11 is 0. The van der Waals surface area contributed by atoms with Gasteiger partial charge in [0.2, 0.25) is 0 Å². The lowest BCUT2D eigenvalue weighted by Gasteiger charge is -2.24. The van der Waals surface area contributed by atoms with Crippen molar-refractivity contribution >= 4 is 0 Å². The number of rotatable bonds is 5. The van der Waals surface area contributed by atoms with E-state index in [2.05, 4.69) is 6.92 Å². The van der Waals surface area contributed by atoms with Gasteiger partial charge in [-0.1, -0.05) is 6.92 Å². The van der Waals surface area contributed by atoms with Crippen LogP contribution in [-0.2, 0) is 9.47 Å². The van der Waals surface area contributed by atoms with Crippen LogP contribution >= 0.6 is 0 Å². The van der Waals surface area contributed by atoms with Crippen molar-refractivity contribution in [2.45, 2.75) is 50.9 Å². The topological polar surface area (TPSA) is 44.5 Å². The van der Waals surface area contributed by atoms with Crippen molar-refractivity contribution in [2.24, 2.45) is 11.7 Å². The summed E-state index contributed by atoms with van der Waals surface area (Å²) in [6, 6.07) is 0.178. The second-order valence-electron chi connectivity index (χ2n) is 4.51. The summed E-state index contributed by atoms with van der Waals surface area (Å²) < 4.78 is 11.3. The van der Waals surface area contributed by atoms with Crippen LogP contribution in [0.2, 0.25) is 0 Å². The molecule has 82 valence electrons. The summed E-state index contributed by atoms with van der Waals surface area (Å²) in [4.78, 5) is 0. The average molecular weight is 199 g/mol. The van der Waals surface area contributed by atoms with E-state index >= 15 is 0 Å². The Morgan fingerprint density at radius 2 is 2.36 bits per heavy atom. The zero-order valence-corrected chi connectivity index (χ0v) is 8.95. The van der Waals surface area contributed by atoms with Gasteiger partial charge < -0.3 is 15.2 Å². The molecule has 0 radical (unpaired) electrons. The van der Waals surface area contributed by atoms with Gasteiger partial charge in [-0.25, -0.2) is 0 Å². The van der Waals surface area contributed by atoms with E-state index in [4.69, 9.17) is 15.2 Å². The minimum absolute atomic E-state index is 0.178.